The van der Waals surface area contributed by atoms with Crippen molar-refractivity contribution in [3.05, 3.63) is 0 Å². The van der Waals surface area contributed by atoms with Crippen LogP contribution in [0.4, 0.5) is 13.2 Å². The molecule has 30 heavy (non-hydrogen) atoms. The van der Waals surface area contributed by atoms with Gasteiger partial charge in [-0.15, -0.1) is 24.0 Å². The van der Waals surface area contributed by atoms with Gasteiger partial charge >= 0.3 is 15.5 Å². The first-order chi connectivity index (χ1) is 13.6. The zero-order valence-corrected chi connectivity index (χ0v) is 20.9. The van der Waals surface area contributed by atoms with E-state index in [0.29, 0.717) is 36.2 Å². The Morgan fingerprint density at radius 1 is 1.10 bits per heavy atom. The van der Waals surface area contributed by atoms with Crippen LogP contribution < -0.4 is 10.6 Å². The second-order valence-corrected chi connectivity index (χ2v) is 9.84. The Bertz CT molecular complexity index is 632. The van der Waals surface area contributed by atoms with Crippen molar-refractivity contribution >= 4 is 40.0 Å². The van der Waals surface area contributed by atoms with Gasteiger partial charge in [-0.1, -0.05) is 6.92 Å². The zero-order chi connectivity index (χ0) is 21.5. The number of aliphatic imine (C=N–C) groups is 1. The van der Waals surface area contributed by atoms with Crippen LogP contribution in [0.15, 0.2) is 4.99 Å². The Morgan fingerprint density at radius 2 is 1.70 bits per heavy atom. The maximum absolute atomic E-state index is 12.7. The van der Waals surface area contributed by atoms with Crippen LogP contribution >= 0.6 is 24.0 Å². The average Bonchev–Trinajstić information content (AvgIpc) is 2.66. The predicted octanol–water partition coefficient (Wildman–Crippen LogP) is 2.60. The van der Waals surface area contributed by atoms with Gasteiger partial charge in [0.1, 0.15) is 0 Å². The van der Waals surface area contributed by atoms with Gasteiger partial charge in [0, 0.05) is 32.2 Å². The van der Waals surface area contributed by atoms with Crippen molar-refractivity contribution in [3.63, 3.8) is 0 Å². The van der Waals surface area contributed by atoms with Crippen molar-refractivity contribution in [2.75, 3.05) is 45.8 Å². The fraction of sp³-hybridized carbons (Fsp3) is 0.944. The number of rotatable bonds is 7. The van der Waals surface area contributed by atoms with Crippen molar-refractivity contribution in [1.29, 1.82) is 0 Å². The summed E-state index contributed by atoms with van der Waals surface area (Å²) in [4.78, 5) is 7.03. The number of hydrogen-bond donors (Lipinski definition) is 2. The summed E-state index contributed by atoms with van der Waals surface area (Å²) in [5.74, 6) is 1.45. The molecular formula is C18H35F3IN5O2S. The normalized spacial score (nSPS) is 21.3. The van der Waals surface area contributed by atoms with E-state index < -0.39 is 15.5 Å². The lowest BCUT2D eigenvalue weighted by molar-refractivity contribution is -0.0494. The van der Waals surface area contributed by atoms with Crippen LogP contribution in [0.3, 0.4) is 0 Å². The van der Waals surface area contributed by atoms with E-state index in [-0.39, 0.29) is 43.1 Å². The minimum atomic E-state index is -5.24. The van der Waals surface area contributed by atoms with Gasteiger partial charge in [-0.25, -0.2) is 8.42 Å². The van der Waals surface area contributed by atoms with Gasteiger partial charge in [0.15, 0.2) is 5.96 Å². The number of piperidine rings is 2. The summed E-state index contributed by atoms with van der Waals surface area (Å²) in [6.07, 6.45) is 4.07. The summed E-state index contributed by atoms with van der Waals surface area (Å²) >= 11 is 0. The summed E-state index contributed by atoms with van der Waals surface area (Å²) in [5, 5.41) is 6.39. The largest absolute Gasteiger partial charge is 0.511 e. The van der Waals surface area contributed by atoms with Gasteiger partial charge in [0.25, 0.3) is 0 Å². The van der Waals surface area contributed by atoms with E-state index in [2.05, 4.69) is 27.4 Å². The van der Waals surface area contributed by atoms with E-state index in [1.165, 1.54) is 12.8 Å². The maximum atomic E-state index is 12.7. The Balaban J connectivity index is 0.00000450. The lowest BCUT2D eigenvalue weighted by Gasteiger charge is -2.32. The third-order valence-electron chi connectivity index (χ3n) is 5.55. The van der Waals surface area contributed by atoms with Crippen molar-refractivity contribution in [2.24, 2.45) is 10.9 Å². The molecule has 0 aromatic heterocycles. The predicted molar refractivity (Wildman–Crippen MR) is 124 cm³/mol. The highest BCUT2D eigenvalue weighted by atomic mass is 127. The van der Waals surface area contributed by atoms with Crippen LogP contribution in [0, 0.1) is 5.92 Å². The average molecular weight is 569 g/mol. The topological polar surface area (TPSA) is 77.0 Å². The SMILES string of the molecule is CCNC(=NCCCN1CCC(C)CC1)NC1CCN(S(=O)(=O)C(F)(F)F)CC1.I. The molecule has 2 aliphatic heterocycles. The molecule has 2 heterocycles. The van der Waals surface area contributed by atoms with E-state index in [4.69, 9.17) is 0 Å². The van der Waals surface area contributed by atoms with Crippen LogP contribution in [-0.2, 0) is 10.0 Å². The molecule has 0 aromatic rings. The quantitative estimate of drug-likeness (QED) is 0.214. The van der Waals surface area contributed by atoms with Gasteiger partial charge in [-0.3, -0.25) is 4.99 Å². The van der Waals surface area contributed by atoms with Crippen LogP contribution in [0.1, 0.15) is 46.0 Å². The Kier molecular flexibility index (Phi) is 11.7. The van der Waals surface area contributed by atoms with E-state index in [1.807, 2.05) is 6.92 Å². The Labute approximate surface area is 195 Å². The third kappa shape index (κ3) is 8.30. The smallest absolute Gasteiger partial charge is 0.357 e. The maximum Gasteiger partial charge on any atom is 0.511 e. The molecule has 2 aliphatic rings. The fourth-order valence-corrected chi connectivity index (χ4v) is 4.66. The molecule has 0 radical (unpaired) electrons. The summed E-state index contributed by atoms with van der Waals surface area (Å²) in [7, 11) is -5.24. The van der Waals surface area contributed by atoms with Crippen molar-refractivity contribution in [2.45, 2.75) is 57.5 Å². The highest BCUT2D eigenvalue weighted by molar-refractivity contribution is 14.0. The molecule has 178 valence electrons. The van der Waals surface area contributed by atoms with E-state index in [1.54, 1.807) is 0 Å². The van der Waals surface area contributed by atoms with Crippen LogP contribution in [0.25, 0.3) is 0 Å². The van der Waals surface area contributed by atoms with Gasteiger partial charge in [0.05, 0.1) is 0 Å². The van der Waals surface area contributed by atoms with Crippen molar-refractivity contribution in [1.82, 2.24) is 19.8 Å². The summed E-state index contributed by atoms with van der Waals surface area (Å²) < 4.78 is 61.5. The summed E-state index contributed by atoms with van der Waals surface area (Å²) in [6, 6.07) is -0.101. The third-order valence-corrected chi connectivity index (χ3v) is 7.18. The number of halogens is 4. The minimum absolute atomic E-state index is 0. The van der Waals surface area contributed by atoms with Gasteiger partial charge in [-0.2, -0.15) is 17.5 Å². The van der Waals surface area contributed by atoms with Crippen LogP contribution in [-0.4, -0.2) is 80.9 Å². The molecule has 2 fully saturated rings. The molecule has 12 heteroatoms. The summed E-state index contributed by atoms with van der Waals surface area (Å²) in [6.45, 7) is 8.59. The molecular weight excluding hydrogens is 534 g/mol. The van der Waals surface area contributed by atoms with E-state index in [0.717, 1.165) is 32.0 Å². The first-order valence-electron chi connectivity index (χ1n) is 10.5. The standard InChI is InChI=1S/C18H34F3N5O2S.HI/c1-3-22-17(23-9-4-10-25-11-5-15(2)6-12-25)24-16-7-13-26(14-8-16)29(27,28)18(19,20)21;/h15-16H,3-14H2,1-2H3,(H2,22,23,24);1H. The monoisotopic (exact) mass is 569 g/mol. The molecule has 0 spiro atoms. The van der Waals surface area contributed by atoms with E-state index >= 15 is 0 Å². The molecule has 0 atom stereocenters. The van der Waals surface area contributed by atoms with Crippen molar-refractivity contribution in [3.8, 4) is 0 Å². The minimum Gasteiger partial charge on any atom is -0.357 e. The first kappa shape index (κ1) is 27.7. The number of nitrogens with zero attached hydrogens (tertiary/aromatic N) is 3. The highest BCUT2D eigenvalue weighted by Gasteiger charge is 2.50. The lowest BCUT2D eigenvalue weighted by Crippen LogP contribution is -2.51. The number of nitrogens with one attached hydrogen (secondary N) is 2. The van der Waals surface area contributed by atoms with Gasteiger partial charge in [0.2, 0.25) is 0 Å². The second-order valence-electron chi connectivity index (χ2n) is 7.91. The lowest BCUT2D eigenvalue weighted by atomic mass is 9.99. The summed E-state index contributed by atoms with van der Waals surface area (Å²) in [5.41, 5.74) is -5.24. The van der Waals surface area contributed by atoms with Gasteiger partial charge < -0.3 is 15.5 Å². The van der Waals surface area contributed by atoms with E-state index in [9.17, 15) is 21.6 Å². The fourth-order valence-electron chi connectivity index (χ4n) is 3.67. The second kappa shape index (κ2) is 12.6. The molecule has 0 bridgehead atoms. The molecule has 2 rings (SSSR count). The van der Waals surface area contributed by atoms with Crippen molar-refractivity contribution < 1.29 is 21.6 Å². The number of likely N-dealkylation sites (tertiary alicyclic amines) is 1. The van der Waals surface area contributed by atoms with Crippen LogP contribution in [0.2, 0.25) is 0 Å². The first-order valence-corrected chi connectivity index (χ1v) is 11.9. The number of hydrogen-bond acceptors (Lipinski definition) is 4. The Morgan fingerprint density at radius 3 is 2.23 bits per heavy atom. The number of alkyl halides is 3. The molecule has 0 aromatic carbocycles. The van der Waals surface area contributed by atoms with Crippen LogP contribution in [0.5, 0.6) is 0 Å². The molecule has 0 saturated carbocycles. The number of sulfonamides is 1. The molecule has 2 saturated heterocycles. The molecule has 0 aliphatic carbocycles. The molecule has 0 unspecified atom stereocenters. The number of guanidine groups is 1. The van der Waals surface area contributed by atoms with Gasteiger partial charge in [-0.05, 0) is 64.6 Å². The molecule has 7 nitrogen and oxygen atoms in total. The Hall–Kier alpha value is -0.340. The molecule has 0 amide bonds. The highest BCUT2D eigenvalue weighted by Crippen LogP contribution is 2.28. The molecule has 2 N–H and O–H groups in total. The zero-order valence-electron chi connectivity index (χ0n) is 17.7.